The van der Waals surface area contributed by atoms with Crippen molar-refractivity contribution >= 4 is 45.0 Å². The third-order valence-corrected chi connectivity index (χ3v) is 7.42. The van der Waals surface area contributed by atoms with Crippen molar-refractivity contribution in [1.82, 2.24) is 15.3 Å². The van der Waals surface area contributed by atoms with Gasteiger partial charge in [-0.05, 0) is 62.2 Å². The van der Waals surface area contributed by atoms with Gasteiger partial charge in [-0.3, -0.25) is 0 Å². The lowest BCUT2D eigenvalue weighted by molar-refractivity contribution is 0.164. The lowest BCUT2D eigenvalue weighted by atomic mass is 10.1. The van der Waals surface area contributed by atoms with Gasteiger partial charge in [0.25, 0.3) is 0 Å². The molecular weight excluding hydrogens is 546 g/mol. The number of amides is 3. The summed E-state index contributed by atoms with van der Waals surface area (Å²) in [6.07, 6.45) is 4.08. The molecule has 0 radical (unpaired) electrons. The maximum Gasteiger partial charge on any atom is 0.442 e. The van der Waals surface area contributed by atoms with E-state index in [1.54, 1.807) is 49.5 Å². The summed E-state index contributed by atoms with van der Waals surface area (Å²) in [4.78, 5) is 33.2. The molecule has 1 aromatic heterocycles. The fourth-order valence-electron chi connectivity index (χ4n) is 3.59. The Kier molecular flexibility index (Phi) is 11.4. The van der Waals surface area contributed by atoms with Crippen molar-refractivity contribution in [2.45, 2.75) is 44.6 Å². The SMILES string of the molecule is CCCCNC(=O)Nc1ccc(-c2cnc(Nc3ccc(S(C)(=O)=NC(=O)OCC)cc3)nc2N[C@H](C)CO)cc1. The number of aromatic nitrogens is 2. The van der Waals surface area contributed by atoms with Crippen molar-refractivity contribution in [3.05, 3.63) is 54.7 Å². The molecule has 3 aromatic rings. The topological polar surface area (TPSA) is 167 Å². The molecule has 0 aliphatic carbocycles. The van der Waals surface area contributed by atoms with Gasteiger partial charge < -0.3 is 31.1 Å². The van der Waals surface area contributed by atoms with Gasteiger partial charge in [0.2, 0.25) is 5.95 Å². The van der Waals surface area contributed by atoms with Gasteiger partial charge in [0.05, 0.1) is 22.9 Å². The van der Waals surface area contributed by atoms with Crippen molar-refractivity contribution in [2.24, 2.45) is 4.36 Å². The molecule has 0 fully saturated rings. The van der Waals surface area contributed by atoms with Crippen LogP contribution in [0.25, 0.3) is 11.1 Å². The summed E-state index contributed by atoms with van der Waals surface area (Å²) in [5.41, 5.74) is 2.79. The third-order valence-electron chi connectivity index (χ3n) is 5.78. The monoisotopic (exact) mass is 583 g/mol. The molecule has 1 unspecified atom stereocenters. The predicted molar refractivity (Wildman–Crippen MR) is 161 cm³/mol. The molecule has 220 valence electrons. The molecule has 3 rings (SSSR count). The molecule has 0 aliphatic rings. The quantitative estimate of drug-likeness (QED) is 0.180. The van der Waals surface area contributed by atoms with Crippen LogP contribution in [0.2, 0.25) is 0 Å². The molecule has 0 spiro atoms. The molecule has 0 saturated heterocycles. The molecule has 2 atom stereocenters. The first kappa shape index (κ1) is 31.3. The largest absolute Gasteiger partial charge is 0.448 e. The van der Waals surface area contributed by atoms with Crippen molar-refractivity contribution in [3.8, 4) is 11.1 Å². The second kappa shape index (κ2) is 15.0. The number of hydrogen-bond donors (Lipinski definition) is 5. The number of carbonyl (C=O) groups excluding carboxylic acids is 2. The number of benzene rings is 2. The second-order valence-corrected chi connectivity index (χ2v) is 11.5. The summed E-state index contributed by atoms with van der Waals surface area (Å²) in [5.74, 6) is 0.799. The first-order chi connectivity index (χ1) is 19.6. The van der Waals surface area contributed by atoms with Crippen LogP contribution in [0.1, 0.15) is 33.6 Å². The molecular formula is C28H37N7O5S. The fourth-order valence-corrected chi connectivity index (χ4v) is 4.68. The van der Waals surface area contributed by atoms with E-state index in [-0.39, 0.29) is 25.3 Å². The van der Waals surface area contributed by atoms with E-state index in [1.807, 2.05) is 19.1 Å². The summed E-state index contributed by atoms with van der Waals surface area (Å²) in [6.45, 7) is 6.20. The molecule has 3 amide bonds. The van der Waals surface area contributed by atoms with E-state index in [0.717, 1.165) is 18.4 Å². The van der Waals surface area contributed by atoms with Crippen LogP contribution in [0, 0.1) is 0 Å². The fraction of sp³-hybridized carbons (Fsp3) is 0.357. The van der Waals surface area contributed by atoms with Gasteiger partial charge in [0, 0.05) is 46.9 Å². The minimum atomic E-state index is -2.97. The Morgan fingerprint density at radius 1 is 1.07 bits per heavy atom. The molecule has 0 aliphatic heterocycles. The summed E-state index contributed by atoms with van der Waals surface area (Å²) < 4.78 is 21.3. The smallest absolute Gasteiger partial charge is 0.442 e. The number of aliphatic hydroxyl groups excluding tert-OH is 1. The highest BCUT2D eigenvalue weighted by atomic mass is 32.2. The summed E-state index contributed by atoms with van der Waals surface area (Å²) in [6, 6.07) is 13.3. The van der Waals surface area contributed by atoms with E-state index in [9.17, 15) is 18.9 Å². The van der Waals surface area contributed by atoms with Crippen molar-refractivity contribution in [1.29, 1.82) is 0 Å². The van der Waals surface area contributed by atoms with E-state index >= 15 is 0 Å². The Balaban J connectivity index is 1.79. The van der Waals surface area contributed by atoms with Crippen molar-refractivity contribution in [3.63, 3.8) is 0 Å². The molecule has 0 saturated carbocycles. The lowest BCUT2D eigenvalue weighted by Gasteiger charge is -2.17. The van der Waals surface area contributed by atoms with E-state index in [4.69, 9.17) is 4.74 Å². The van der Waals surface area contributed by atoms with Crippen LogP contribution in [-0.4, -0.2) is 63.5 Å². The molecule has 5 N–H and O–H groups in total. The standard InChI is InChI=1S/C28H37N7O5S/c1-5-7-16-29-27(37)33-22-10-8-20(9-11-22)24-17-30-26(34-25(24)31-19(3)18-36)32-21-12-14-23(15-13-21)41(4,39)35-28(38)40-6-2/h8-15,17,19,36H,5-7,16,18H2,1-4H3,(H2,29,33,37)(H2,30,31,32,34)/t19-,41?/m1/s1. The third kappa shape index (κ3) is 9.43. The highest BCUT2D eigenvalue weighted by molar-refractivity contribution is 7.93. The maximum atomic E-state index is 12.9. The number of hydrogen-bond acceptors (Lipinski definition) is 9. The van der Waals surface area contributed by atoms with Gasteiger partial charge in [-0.25, -0.2) is 18.8 Å². The Morgan fingerprint density at radius 3 is 2.39 bits per heavy atom. The highest BCUT2D eigenvalue weighted by Gasteiger charge is 2.14. The number of aliphatic hydroxyl groups is 1. The zero-order chi connectivity index (χ0) is 29.8. The van der Waals surface area contributed by atoms with Gasteiger partial charge in [-0.2, -0.15) is 4.98 Å². The van der Waals surface area contributed by atoms with Gasteiger partial charge in [0.1, 0.15) is 5.82 Å². The Morgan fingerprint density at radius 2 is 1.76 bits per heavy atom. The first-order valence-corrected chi connectivity index (χ1v) is 15.2. The number of nitrogens with zero attached hydrogens (tertiary/aromatic N) is 3. The first-order valence-electron chi connectivity index (χ1n) is 13.3. The number of ether oxygens (including phenoxy) is 1. The zero-order valence-electron chi connectivity index (χ0n) is 23.6. The zero-order valence-corrected chi connectivity index (χ0v) is 24.5. The van der Waals surface area contributed by atoms with Crippen LogP contribution < -0.4 is 21.3 Å². The number of urea groups is 1. The number of rotatable bonds is 12. The van der Waals surface area contributed by atoms with E-state index < -0.39 is 15.8 Å². The minimum absolute atomic E-state index is 0.100. The Hall–Kier alpha value is -4.23. The maximum absolute atomic E-state index is 12.9. The summed E-state index contributed by atoms with van der Waals surface area (Å²) >= 11 is 0. The number of nitrogens with one attached hydrogen (secondary N) is 4. The average molecular weight is 584 g/mol. The van der Waals surface area contributed by atoms with Crippen LogP contribution in [-0.2, 0) is 14.5 Å². The van der Waals surface area contributed by atoms with Crippen molar-refractivity contribution in [2.75, 3.05) is 42.0 Å². The minimum Gasteiger partial charge on any atom is -0.448 e. The summed E-state index contributed by atoms with van der Waals surface area (Å²) in [5, 5.41) is 21.6. The van der Waals surface area contributed by atoms with Crippen LogP contribution in [0.4, 0.5) is 32.7 Å². The van der Waals surface area contributed by atoms with E-state index in [1.165, 1.54) is 6.26 Å². The molecule has 1 heterocycles. The number of unbranched alkanes of at least 4 members (excludes halogenated alkanes) is 1. The molecule has 41 heavy (non-hydrogen) atoms. The molecule has 13 heteroatoms. The van der Waals surface area contributed by atoms with Gasteiger partial charge in [-0.1, -0.05) is 25.5 Å². The highest BCUT2D eigenvalue weighted by Crippen LogP contribution is 2.29. The van der Waals surface area contributed by atoms with Crippen molar-refractivity contribution < 1.29 is 23.6 Å². The Labute approximate surface area is 240 Å². The van der Waals surface area contributed by atoms with Gasteiger partial charge >= 0.3 is 12.1 Å². The van der Waals surface area contributed by atoms with Crippen LogP contribution in [0.15, 0.2) is 64.0 Å². The second-order valence-electron chi connectivity index (χ2n) is 9.24. The average Bonchev–Trinajstić information content (AvgIpc) is 2.94. The van der Waals surface area contributed by atoms with E-state index in [2.05, 4.69) is 42.5 Å². The van der Waals surface area contributed by atoms with E-state index in [0.29, 0.717) is 40.1 Å². The summed E-state index contributed by atoms with van der Waals surface area (Å²) in [7, 11) is -2.97. The van der Waals surface area contributed by atoms with Crippen LogP contribution >= 0.6 is 0 Å². The molecule has 2 aromatic carbocycles. The normalized spacial score (nSPS) is 12.9. The number of carbonyl (C=O) groups is 2. The predicted octanol–water partition coefficient (Wildman–Crippen LogP) is 5.21. The molecule has 12 nitrogen and oxygen atoms in total. The number of anilines is 4. The lowest BCUT2D eigenvalue weighted by Crippen LogP contribution is -2.29. The Bertz CT molecular complexity index is 1440. The van der Waals surface area contributed by atoms with Gasteiger partial charge in [0.15, 0.2) is 0 Å². The van der Waals surface area contributed by atoms with Crippen LogP contribution in [0.3, 0.4) is 0 Å². The molecule has 0 bridgehead atoms. The van der Waals surface area contributed by atoms with Crippen LogP contribution in [0.5, 0.6) is 0 Å². The van der Waals surface area contributed by atoms with Gasteiger partial charge in [-0.15, -0.1) is 4.36 Å².